The summed E-state index contributed by atoms with van der Waals surface area (Å²) in [4.78, 5) is 27.4. The summed E-state index contributed by atoms with van der Waals surface area (Å²) >= 11 is 5.86. The highest BCUT2D eigenvalue weighted by atomic mass is 35.5. The molecule has 1 aliphatic heterocycles. The zero-order valence-electron chi connectivity index (χ0n) is 17.3. The third kappa shape index (κ3) is 5.83. The Bertz CT molecular complexity index is 888. The average molecular weight is 427 g/mol. The van der Waals surface area contributed by atoms with Crippen LogP contribution in [0, 0.1) is 5.92 Å². The molecule has 1 heterocycles. The quantitative estimate of drug-likeness (QED) is 0.521. The van der Waals surface area contributed by atoms with Gasteiger partial charge >= 0.3 is 0 Å². The maximum absolute atomic E-state index is 12.6. The monoisotopic (exact) mass is 426 g/mol. The highest BCUT2D eigenvalue weighted by Gasteiger charge is 2.24. The van der Waals surface area contributed by atoms with Crippen LogP contribution in [-0.4, -0.2) is 37.2 Å². The molecule has 2 N–H and O–H groups in total. The minimum atomic E-state index is -0.706. The molecule has 30 heavy (non-hydrogen) atoms. The third-order valence-corrected chi connectivity index (χ3v) is 5.35. The van der Waals surface area contributed by atoms with E-state index in [2.05, 4.69) is 32.9 Å². The van der Waals surface area contributed by atoms with Crippen LogP contribution in [0.15, 0.2) is 53.6 Å². The van der Waals surface area contributed by atoms with E-state index in [0.29, 0.717) is 10.6 Å². The predicted molar refractivity (Wildman–Crippen MR) is 121 cm³/mol. The van der Waals surface area contributed by atoms with E-state index in [1.165, 1.54) is 18.5 Å². The van der Waals surface area contributed by atoms with E-state index in [1.807, 2.05) is 26.0 Å². The lowest BCUT2D eigenvalue weighted by Crippen LogP contribution is -2.48. The molecular formula is C23H27ClN4O2. The molecule has 0 radical (unpaired) electrons. The second-order valence-corrected chi connectivity index (χ2v) is 8.16. The number of carbonyl (C=O) groups excluding carboxylic acids is 2. The van der Waals surface area contributed by atoms with E-state index in [0.717, 1.165) is 18.7 Å². The first kappa shape index (κ1) is 21.8. The molecule has 1 saturated heterocycles. The molecule has 6 nitrogen and oxygen atoms in total. The third-order valence-electron chi connectivity index (χ3n) is 5.09. The van der Waals surface area contributed by atoms with Crippen molar-refractivity contribution >= 4 is 35.3 Å². The number of hydrazone groups is 1. The SMILES string of the molecule is CC(C)C(NC(=O)c1ccc(Cl)cc1)C(=O)N/N=C\c1ccc(N2CCCC2)cc1. The number of nitrogens with one attached hydrogen (secondary N) is 2. The van der Waals surface area contributed by atoms with Gasteiger partial charge in [0, 0.05) is 29.4 Å². The van der Waals surface area contributed by atoms with Crippen molar-refractivity contribution < 1.29 is 9.59 Å². The normalized spacial score (nSPS) is 14.9. The van der Waals surface area contributed by atoms with Gasteiger partial charge in [-0.3, -0.25) is 9.59 Å². The van der Waals surface area contributed by atoms with Crippen molar-refractivity contribution in [2.24, 2.45) is 11.0 Å². The number of nitrogens with zero attached hydrogens (tertiary/aromatic N) is 2. The maximum Gasteiger partial charge on any atom is 0.262 e. The molecular weight excluding hydrogens is 400 g/mol. The van der Waals surface area contributed by atoms with Crippen molar-refractivity contribution in [1.29, 1.82) is 0 Å². The highest BCUT2D eigenvalue weighted by molar-refractivity contribution is 6.30. The molecule has 0 bridgehead atoms. The van der Waals surface area contributed by atoms with Crippen LogP contribution >= 0.6 is 11.6 Å². The minimum Gasteiger partial charge on any atom is -0.372 e. The number of benzene rings is 2. The van der Waals surface area contributed by atoms with Crippen molar-refractivity contribution in [3.8, 4) is 0 Å². The lowest BCUT2D eigenvalue weighted by atomic mass is 10.0. The van der Waals surface area contributed by atoms with Gasteiger partial charge < -0.3 is 10.2 Å². The lowest BCUT2D eigenvalue weighted by Gasteiger charge is -2.20. The van der Waals surface area contributed by atoms with E-state index in [-0.39, 0.29) is 17.7 Å². The van der Waals surface area contributed by atoms with Gasteiger partial charge in [-0.1, -0.05) is 37.6 Å². The van der Waals surface area contributed by atoms with Crippen LogP contribution in [0.5, 0.6) is 0 Å². The fourth-order valence-electron chi connectivity index (χ4n) is 3.35. The molecule has 2 amide bonds. The number of amides is 2. The number of anilines is 1. The number of halogens is 1. The molecule has 1 fully saturated rings. The summed E-state index contributed by atoms with van der Waals surface area (Å²) in [6, 6.07) is 13.9. The molecule has 2 aromatic rings. The van der Waals surface area contributed by atoms with Crippen molar-refractivity contribution in [3.63, 3.8) is 0 Å². The van der Waals surface area contributed by atoms with Crippen LogP contribution in [-0.2, 0) is 4.79 Å². The van der Waals surface area contributed by atoms with Gasteiger partial charge in [0.1, 0.15) is 6.04 Å². The maximum atomic E-state index is 12.6. The van der Waals surface area contributed by atoms with Crippen molar-refractivity contribution in [2.75, 3.05) is 18.0 Å². The zero-order chi connectivity index (χ0) is 21.5. The Morgan fingerprint density at radius 1 is 1.03 bits per heavy atom. The molecule has 1 unspecified atom stereocenters. The summed E-state index contributed by atoms with van der Waals surface area (Å²) in [6.07, 6.45) is 4.08. The Morgan fingerprint density at radius 2 is 1.67 bits per heavy atom. The van der Waals surface area contributed by atoms with Crippen LogP contribution in [0.4, 0.5) is 5.69 Å². The number of rotatable bonds is 7. The summed E-state index contributed by atoms with van der Waals surface area (Å²) in [6.45, 7) is 5.93. The molecule has 7 heteroatoms. The van der Waals surface area contributed by atoms with Crippen LogP contribution in [0.3, 0.4) is 0 Å². The van der Waals surface area contributed by atoms with Crippen LogP contribution in [0.2, 0.25) is 5.02 Å². The summed E-state index contributed by atoms with van der Waals surface area (Å²) in [5.41, 5.74) is 5.08. The Hall–Kier alpha value is -2.86. The van der Waals surface area contributed by atoms with Crippen LogP contribution < -0.4 is 15.6 Å². The first-order valence-corrected chi connectivity index (χ1v) is 10.6. The van der Waals surface area contributed by atoms with E-state index in [1.54, 1.807) is 30.5 Å². The largest absolute Gasteiger partial charge is 0.372 e. The highest BCUT2D eigenvalue weighted by Crippen LogP contribution is 2.20. The fraction of sp³-hybridized carbons (Fsp3) is 0.348. The molecule has 2 aromatic carbocycles. The van der Waals surface area contributed by atoms with E-state index < -0.39 is 6.04 Å². The zero-order valence-corrected chi connectivity index (χ0v) is 18.0. The van der Waals surface area contributed by atoms with Gasteiger partial charge in [0.15, 0.2) is 0 Å². The topological polar surface area (TPSA) is 73.8 Å². The van der Waals surface area contributed by atoms with E-state index in [9.17, 15) is 9.59 Å². The molecule has 0 aliphatic carbocycles. The lowest BCUT2D eigenvalue weighted by molar-refractivity contribution is -0.123. The van der Waals surface area contributed by atoms with Crippen LogP contribution in [0.25, 0.3) is 0 Å². The Kier molecular flexibility index (Phi) is 7.46. The Balaban J connectivity index is 1.56. The summed E-state index contributed by atoms with van der Waals surface area (Å²) in [5, 5.41) is 7.37. The minimum absolute atomic E-state index is 0.101. The standard InChI is InChI=1S/C23H27ClN4O2/c1-16(2)21(26-22(29)18-7-9-19(24)10-8-18)23(30)27-25-15-17-5-11-20(12-6-17)28-13-3-4-14-28/h5-12,15-16,21H,3-4,13-14H2,1-2H3,(H,26,29)(H,27,30)/b25-15-. The fourth-order valence-corrected chi connectivity index (χ4v) is 3.47. The van der Waals surface area contributed by atoms with Gasteiger partial charge in [-0.05, 0) is 60.7 Å². The van der Waals surface area contributed by atoms with Crippen molar-refractivity contribution in [1.82, 2.24) is 10.7 Å². The van der Waals surface area contributed by atoms with Crippen molar-refractivity contribution in [3.05, 3.63) is 64.7 Å². The van der Waals surface area contributed by atoms with Crippen LogP contribution in [0.1, 0.15) is 42.6 Å². The van der Waals surface area contributed by atoms with E-state index >= 15 is 0 Å². The summed E-state index contributed by atoms with van der Waals surface area (Å²) in [7, 11) is 0. The second kappa shape index (κ2) is 10.3. The number of hydrogen-bond acceptors (Lipinski definition) is 4. The Labute approximate surface area is 182 Å². The summed E-state index contributed by atoms with van der Waals surface area (Å²) in [5.74, 6) is -0.796. The van der Waals surface area contributed by atoms with Gasteiger partial charge in [0.2, 0.25) is 0 Å². The van der Waals surface area contributed by atoms with Gasteiger partial charge in [-0.2, -0.15) is 5.10 Å². The van der Waals surface area contributed by atoms with Crippen molar-refractivity contribution in [2.45, 2.75) is 32.7 Å². The molecule has 3 rings (SSSR count). The molecule has 1 aliphatic rings. The van der Waals surface area contributed by atoms with E-state index in [4.69, 9.17) is 11.6 Å². The van der Waals surface area contributed by atoms with Gasteiger partial charge in [0.05, 0.1) is 6.21 Å². The van der Waals surface area contributed by atoms with Gasteiger partial charge in [-0.25, -0.2) is 5.43 Å². The molecule has 0 saturated carbocycles. The number of hydrogen-bond donors (Lipinski definition) is 2. The molecule has 0 spiro atoms. The molecule has 1 atom stereocenters. The van der Waals surface area contributed by atoms with Gasteiger partial charge in [0.25, 0.3) is 11.8 Å². The number of carbonyl (C=O) groups is 2. The molecule has 0 aromatic heterocycles. The average Bonchev–Trinajstić information content (AvgIpc) is 3.27. The summed E-state index contributed by atoms with van der Waals surface area (Å²) < 4.78 is 0. The first-order valence-electron chi connectivity index (χ1n) is 10.2. The van der Waals surface area contributed by atoms with Gasteiger partial charge in [-0.15, -0.1) is 0 Å². The smallest absolute Gasteiger partial charge is 0.262 e. The molecule has 158 valence electrons. The Morgan fingerprint density at radius 3 is 2.27 bits per heavy atom. The predicted octanol–water partition coefficient (Wildman–Crippen LogP) is 3.84. The first-order chi connectivity index (χ1) is 14.4. The second-order valence-electron chi connectivity index (χ2n) is 7.72.